The Bertz CT molecular complexity index is 628. The number of fused-ring (bicyclic) bond motifs is 1. The maximum Gasteiger partial charge on any atom is 0.326 e. The van der Waals surface area contributed by atoms with Gasteiger partial charge in [0.15, 0.2) is 7.98 Å². The fraction of sp³-hybridized carbons (Fsp3) is 0.417. The highest BCUT2D eigenvalue weighted by Crippen LogP contribution is 2.24. The minimum Gasteiger partial charge on any atom is -0.353 e. The van der Waals surface area contributed by atoms with E-state index in [0.717, 1.165) is 25.9 Å². The topological polar surface area (TPSA) is 41.0 Å². The Hall–Kier alpha value is -1.56. The zero-order valence-corrected chi connectivity index (χ0v) is 9.90. The Morgan fingerprint density at radius 2 is 2.06 bits per heavy atom. The van der Waals surface area contributed by atoms with Crippen LogP contribution in [0.4, 0.5) is 4.39 Å². The maximum absolute atomic E-state index is 13.6. The van der Waals surface area contributed by atoms with Gasteiger partial charge in [0.25, 0.3) is 0 Å². The summed E-state index contributed by atoms with van der Waals surface area (Å²) in [6.45, 7) is 1.50. The first-order valence-corrected chi connectivity index (χ1v) is 6.05. The molecule has 0 bridgehead atoms. The first kappa shape index (κ1) is 11.5. The fourth-order valence-electron chi connectivity index (χ4n) is 2.62. The van der Waals surface area contributed by atoms with Gasteiger partial charge in [-0.25, -0.2) is 9.18 Å². The summed E-state index contributed by atoms with van der Waals surface area (Å²) in [5.74, 6) is -0.389. The van der Waals surface area contributed by atoms with E-state index in [1.165, 1.54) is 6.07 Å². The number of aromatic nitrogens is 2. The van der Waals surface area contributed by atoms with Gasteiger partial charge in [0.05, 0.1) is 5.52 Å². The molecule has 2 heterocycles. The molecule has 1 aromatic heterocycles. The summed E-state index contributed by atoms with van der Waals surface area (Å²) >= 11 is 0. The molecule has 92 valence electrons. The number of piperidine rings is 1. The molecule has 1 aliphatic rings. The van der Waals surface area contributed by atoms with Gasteiger partial charge in [-0.3, -0.25) is 4.57 Å². The maximum atomic E-state index is 13.6. The second-order valence-electron chi connectivity index (χ2n) is 4.70. The molecule has 18 heavy (non-hydrogen) atoms. The van der Waals surface area contributed by atoms with Crippen molar-refractivity contribution in [3.63, 3.8) is 0 Å². The number of nitrogens with one attached hydrogen (secondary N) is 1. The Morgan fingerprint density at radius 1 is 1.33 bits per heavy atom. The number of rotatable bonds is 1. The van der Waals surface area contributed by atoms with Crippen molar-refractivity contribution in [1.82, 2.24) is 14.4 Å². The van der Waals surface area contributed by atoms with E-state index in [-0.39, 0.29) is 23.1 Å². The molecule has 4 nitrogen and oxygen atoms in total. The zero-order chi connectivity index (χ0) is 12.7. The molecule has 1 aromatic carbocycles. The number of benzene rings is 1. The SMILES string of the molecule is [B]N1CCC(n2c(=O)[nH]c3c(F)cccc32)CC1. The highest BCUT2D eigenvalue weighted by atomic mass is 19.1. The summed E-state index contributed by atoms with van der Waals surface area (Å²) in [6, 6.07) is 4.84. The molecule has 2 aromatic rings. The summed E-state index contributed by atoms with van der Waals surface area (Å²) < 4.78 is 15.3. The van der Waals surface area contributed by atoms with E-state index < -0.39 is 0 Å². The summed E-state index contributed by atoms with van der Waals surface area (Å²) in [6.07, 6.45) is 1.61. The van der Waals surface area contributed by atoms with Crippen LogP contribution in [0.5, 0.6) is 0 Å². The van der Waals surface area contributed by atoms with Crippen molar-refractivity contribution < 1.29 is 4.39 Å². The second-order valence-corrected chi connectivity index (χ2v) is 4.70. The average molecular weight is 245 g/mol. The molecule has 0 unspecified atom stereocenters. The molecule has 0 spiro atoms. The van der Waals surface area contributed by atoms with E-state index >= 15 is 0 Å². The molecule has 1 saturated heterocycles. The van der Waals surface area contributed by atoms with Crippen molar-refractivity contribution in [3.8, 4) is 0 Å². The number of hydrogen-bond acceptors (Lipinski definition) is 2. The van der Waals surface area contributed by atoms with Gasteiger partial charge in [-0.05, 0) is 38.1 Å². The minimum absolute atomic E-state index is 0.0906. The number of nitrogens with zero attached hydrogens (tertiary/aromatic N) is 2. The second kappa shape index (κ2) is 4.28. The van der Waals surface area contributed by atoms with E-state index in [9.17, 15) is 9.18 Å². The predicted octanol–water partition coefficient (Wildman–Crippen LogP) is 1.19. The third-order valence-corrected chi connectivity index (χ3v) is 3.57. The zero-order valence-electron chi connectivity index (χ0n) is 9.90. The normalized spacial score (nSPS) is 18.5. The number of halogens is 1. The third kappa shape index (κ3) is 1.77. The molecule has 0 saturated carbocycles. The molecular weight excluding hydrogens is 232 g/mol. The fourth-order valence-corrected chi connectivity index (χ4v) is 2.62. The quantitative estimate of drug-likeness (QED) is 0.766. The number of H-pyrrole nitrogens is 1. The van der Waals surface area contributed by atoms with Gasteiger partial charge in [-0.15, -0.1) is 0 Å². The van der Waals surface area contributed by atoms with Crippen LogP contribution in [-0.4, -0.2) is 35.4 Å². The van der Waals surface area contributed by atoms with E-state index in [0.29, 0.717) is 5.52 Å². The summed E-state index contributed by atoms with van der Waals surface area (Å²) in [5, 5.41) is 0. The molecule has 0 aliphatic carbocycles. The first-order chi connectivity index (χ1) is 8.66. The predicted molar refractivity (Wildman–Crippen MR) is 68.1 cm³/mol. The van der Waals surface area contributed by atoms with Gasteiger partial charge < -0.3 is 9.79 Å². The van der Waals surface area contributed by atoms with Crippen molar-refractivity contribution in [2.24, 2.45) is 0 Å². The first-order valence-electron chi connectivity index (χ1n) is 6.05. The summed E-state index contributed by atoms with van der Waals surface area (Å²) in [4.78, 5) is 16.3. The Balaban J connectivity index is 2.09. The van der Waals surface area contributed by atoms with Gasteiger partial charge in [0.1, 0.15) is 11.3 Å². The van der Waals surface area contributed by atoms with Gasteiger partial charge in [0.2, 0.25) is 0 Å². The highest BCUT2D eigenvalue weighted by molar-refractivity contribution is 6.04. The van der Waals surface area contributed by atoms with Gasteiger partial charge in [-0.1, -0.05) is 6.07 Å². The Labute approximate surface area is 105 Å². The summed E-state index contributed by atoms with van der Waals surface area (Å²) in [5.41, 5.74) is 0.679. The lowest BCUT2D eigenvalue weighted by Crippen LogP contribution is -2.35. The standard InChI is InChI=1S/C12H13BFN3O/c13-16-6-4-8(5-7-16)17-10-3-1-2-9(14)11(10)15-12(17)18/h1-3,8H,4-7H2,(H,15,18). The third-order valence-electron chi connectivity index (χ3n) is 3.57. The minimum atomic E-state index is -0.389. The lowest BCUT2D eigenvalue weighted by atomic mass is 10.0. The summed E-state index contributed by atoms with van der Waals surface area (Å²) in [7, 11) is 5.70. The van der Waals surface area contributed by atoms with Crippen LogP contribution >= 0.6 is 0 Å². The van der Waals surface area contributed by atoms with Crippen LogP contribution in [0.2, 0.25) is 0 Å². The van der Waals surface area contributed by atoms with Gasteiger partial charge in [0, 0.05) is 6.04 Å². The van der Waals surface area contributed by atoms with Crippen molar-refractivity contribution in [1.29, 1.82) is 0 Å². The molecule has 1 N–H and O–H groups in total. The number of para-hydroxylation sites is 1. The molecule has 1 fully saturated rings. The molecule has 6 heteroatoms. The lowest BCUT2D eigenvalue weighted by Gasteiger charge is -2.30. The number of imidazole rings is 1. The molecule has 2 radical (unpaired) electrons. The van der Waals surface area contributed by atoms with Crippen LogP contribution in [0.25, 0.3) is 11.0 Å². The smallest absolute Gasteiger partial charge is 0.326 e. The van der Waals surface area contributed by atoms with E-state index in [2.05, 4.69) is 4.98 Å². The lowest BCUT2D eigenvalue weighted by molar-refractivity contribution is 0.283. The van der Waals surface area contributed by atoms with E-state index in [1.807, 2.05) is 0 Å². The number of hydrogen-bond donors (Lipinski definition) is 1. The van der Waals surface area contributed by atoms with Crippen LogP contribution in [-0.2, 0) is 0 Å². The highest BCUT2D eigenvalue weighted by Gasteiger charge is 2.22. The Morgan fingerprint density at radius 3 is 2.78 bits per heavy atom. The van der Waals surface area contributed by atoms with Crippen LogP contribution < -0.4 is 5.69 Å². The molecular formula is C12H13BFN3O. The monoisotopic (exact) mass is 245 g/mol. The van der Waals surface area contributed by atoms with Crippen LogP contribution in [0, 0.1) is 5.82 Å². The van der Waals surface area contributed by atoms with Gasteiger partial charge in [-0.2, -0.15) is 0 Å². The molecule has 0 amide bonds. The number of aromatic amines is 1. The van der Waals surface area contributed by atoms with Crippen molar-refractivity contribution >= 4 is 19.0 Å². The van der Waals surface area contributed by atoms with Crippen LogP contribution in [0.3, 0.4) is 0 Å². The molecule has 1 aliphatic heterocycles. The van der Waals surface area contributed by atoms with E-state index in [4.69, 9.17) is 7.98 Å². The van der Waals surface area contributed by atoms with Crippen molar-refractivity contribution in [2.45, 2.75) is 18.9 Å². The molecule has 3 rings (SSSR count). The molecule has 0 atom stereocenters. The Kier molecular flexibility index (Phi) is 2.74. The van der Waals surface area contributed by atoms with Crippen LogP contribution in [0.1, 0.15) is 18.9 Å². The van der Waals surface area contributed by atoms with Gasteiger partial charge >= 0.3 is 5.69 Å². The van der Waals surface area contributed by atoms with Crippen molar-refractivity contribution in [3.05, 3.63) is 34.5 Å². The van der Waals surface area contributed by atoms with Crippen LogP contribution in [0.15, 0.2) is 23.0 Å². The average Bonchev–Trinajstić information content (AvgIpc) is 2.69. The largest absolute Gasteiger partial charge is 0.353 e. The van der Waals surface area contributed by atoms with Crippen molar-refractivity contribution in [2.75, 3.05) is 13.1 Å². The van der Waals surface area contributed by atoms with E-state index in [1.54, 1.807) is 21.5 Å².